The van der Waals surface area contributed by atoms with Gasteiger partial charge in [-0.1, -0.05) is 46.3 Å². The van der Waals surface area contributed by atoms with Gasteiger partial charge in [0.1, 0.15) is 0 Å². The Morgan fingerprint density at radius 3 is 3.21 bits per heavy atom. The van der Waals surface area contributed by atoms with Crippen LogP contribution >= 0.6 is 27.3 Å². The highest BCUT2D eigenvalue weighted by molar-refractivity contribution is 9.09. The van der Waals surface area contributed by atoms with Gasteiger partial charge in [-0.2, -0.15) is 0 Å². The Kier molecular flexibility index (Phi) is 2.93. The van der Waals surface area contributed by atoms with E-state index < -0.39 is 0 Å². The maximum Gasteiger partial charge on any atom is 0.308 e. The van der Waals surface area contributed by atoms with Crippen molar-refractivity contribution >= 4 is 39.4 Å². The van der Waals surface area contributed by atoms with Crippen LogP contribution in [0.3, 0.4) is 0 Å². The summed E-state index contributed by atoms with van der Waals surface area (Å²) in [6.07, 6.45) is 6.28. The van der Waals surface area contributed by atoms with Crippen molar-refractivity contribution in [1.29, 1.82) is 0 Å². The number of fused-ring (bicyclic) bond motifs is 1. The van der Waals surface area contributed by atoms with E-state index >= 15 is 0 Å². The lowest BCUT2D eigenvalue weighted by Gasteiger charge is -2.04. The summed E-state index contributed by atoms with van der Waals surface area (Å²) in [6.45, 7) is 2.93. The van der Waals surface area contributed by atoms with Crippen LogP contribution in [0.25, 0.3) is 12.2 Å². The van der Waals surface area contributed by atoms with E-state index in [9.17, 15) is 4.79 Å². The molecule has 0 saturated carbocycles. The van der Waals surface area contributed by atoms with Crippen LogP contribution in [-0.2, 0) is 6.54 Å². The smallest absolute Gasteiger partial charge is 0.299 e. The van der Waals surface area contributed by atoms with Crippen molar-refractivity contribution in [2.24, 2.45) is 0 Å². The summed E-state index contributed by atoms with van der Waals surface area (Å²) in [5.74, 6) is 0. The molecule has 4 heteroatoms. The zero-order valence-electron chi connectivity index (χ0n) is 8.00. The van der Waals surface area contributed by atoms with Crippen molar-refractivity contribution in [3.05, 3.63) is 19.5 Å². The second kappa shape index (κ2) is 4.03. The lowest BCUT2D eigenvalue weighted by Crippen LogP contribution is -2.34. The summed E-state index contributed by atoms with van der Waals surface area (Å²) < 4.78 is 3.01. The summed E-state index contributed by atoms with van der Waals surface area (Å²) in [5, 5.41) is 1.12. The molecule has 0 amide bonds. The van der Waals surface area contributed by atoms with Gasteiger partial charge in [-0.25, -0.2) is 0 Å². The maximum absolute atomic E-state index is 11.6. The van der Waals surface area contributed by atoms with Crippen LogP contribution in [0.2, 0.25) is 0 Å². The van der Waals surface area contributed by atoms with Crippen molar-refractivity contribution in [1.82, 2.24) is 4.57 Å². The second-order valence-electron chi connectivity index (χ2n) is 3.39. The van der Waals surface area contributed by atoms with E-state index in [0.717, 1.165) is 29.3 Å². The standard InChI is InChI=1S/C10H12BrNOS/c1-2-5-12-8-4-3-7(11)6-9(8)14-10(12)13/h4,6-7H,2-3,5H2,1H3. The lowest BCUT2D eigenvalue weighted by atomic mass is 10.2. The predicted octanol–water partition coefficient (Wildman–Crippen LogP) is 1.05. The van der Waals surface area contributed by atoms with E-state index in [2.05, 4.69) is 35.0 Å². The molecule has 1 aliphatic carbocycles. The third-order valence-corrected chi connectivity index (χ3v) is 3.88. The van der Waals surface area contributed by atoms with Crippen LogP contribution in [0, 0.1) is 0 Å². The highest BCUT2D eigenvalue weighted by Gasteiger charge is 2.09. The fourth-order valence-electron chi connectivity index (χ4n) is 1.65. The largest absolute Gasteiger partial charge is 0.308 e. The lowest BCUT2D eigenvalue weighted by molar-refractivity contribution is 0.649. The molecule has 76 valence electrons. The average molecular weight is 274 g/mol. The van der Waals surface area contributed by atoms with Gasteiger partial charge in [0.05, 0.1) is 9.88 Å². The van der Waals surface area contributed by atoms with Gasteiger partial charge in [-0.3, -0.25) is 9.36 Å². The second-order valence-corrected chi connectivity index (χ2v) is 5.56. The molecule has 0 radical (unpaired) electrons. The van der Waals surface area contributed by atoms with Crippen molar-refractivity contribution in [2.45, 2.75) is 31.1 Å². The molecule has 0 aliphatic heterocycles. The van der Waals surface area contributed by atoms with Crippen LogP contribution in [-0.4, -0.2) is 9.39 Å². The zero-order valence-corrected chi connectivity index (χ0v) is 10.4. The Hall–Kier alpha value is -0.350. The van der Waals surface area contributed by atoms with Gasteiger partial charge < -0.3 is 0 Å². The van der Waals surface area contributed by atoms with Gasteiger partial charge >= 0.3 is 4.87 Å². The van der Waals surface area contributed by atoms with E-state index in [4.69, 9.17) is 0 Å². The first-order chi connectivity index (χ1) is 6.72. The minimum Gasteiger partial charge on any atom is -0.299 e. The van der Waals surface area contributed by atoms with E-state index in [1.807, 2.05) is 4.57 Å². The van der Waals surface area contributed by atoms with Crippen LogP contribution in [0.15, 0.2) is 4.79 Å². The van der Waals surface area contributed by atoms with Crippen molar-refractivity contribution in [3.63, 3.8) is 0 Å². The Morgan fingerprint density at radius 2 is 2.50 bits per heavy atom. The molecule has 0 spiro atoms. The van der Waals surface area contributed by atoms with E-state index in [0.29, 0.717) is 4.83 Å². The summed E-state index contributed by atoms with van der Waals surface area (Å²) in [7, 11) is 0. The summed E-state index contributed by atoms with van der Waals surface area (Å²) >= 11 is 4.89. The summed E-state index contributed by atoms with van der Waals surface area (Å²) in [5.41, 5.74) is 0. The normalized spacial score (nSPS) is 19.7. The Balaban J connectivity index is 2.66. The molecule has 1 heterocycles. The van der Waals surface area contributed by atoms with Gasteiger partial charge in [0.15, 0.2) is 0 Å². The Bertz CT molecular complexity index is 499. The maximum atomic E-state index is 11.6. The highest BCUT2D eigenvalue weighted by Crippen LogP contribution is 2.09. The Labute approximate surface area is 94.7 Å². The fourth-order valence-corrected chi connectivity index (χ4v) is 3.30. The van der Waals surface area contributed by atoms with Crippen LogP contribution in [0.1, 0.15) is 19.8 Å². The molecule has 0 aromatic carbocycles. The molecule has 1 aliphatic rings. The molecule has 0 fully saturated rings. The van der Waals surface area contributed by atoms with Gasteiger partial charge in [0.25, 0.3) is 0 Å². The topological polar surface area (TPSA) is 22.0 Å². The van der Waals surface area contributed by atoms with Crippen LogP contribution < -0.4 is 14.8 Å². The first kappa shape index (κ1) is 10.2. The molecule has 0 bridgehead atoms. The quantitative estimate of drug-likeness (QED) is 0.739. The van der Waals surface area contributed by atoms with E-state index in [1.165, 1.54) is 11.3 Å². The number of nitrogens with zero attached hydrogens (tertiary/aromatic N) is 1. The van der Waals surface area contributed by atoms with Crippen molar-refractivity contribution in [3.8, 4) is 0 Å². The van der Waals surface area contributed by atoms with E-state index in [-0.39, 0.29) is 4.87 Å². The number of rotatable bonds is 2. The third kappa shape index (κ3) is 1.73. The molecule has 2 rings (SSSR count). The number of hydrogen-bond donors (Lipinski definition) is 0. The predicted molar refractivity (Wildman–Crippen MR) is 64.4 cm³/mol. The first-order valence-electron chi connectivity index (χ1n) is 4.78. The molecule has 0 saturated heterocycles. The molecule has 1 atom stereocenters. The summed E-state index contributed by atoms with van der Waals surface area (Å²) in [4.78, 5) is 12.2. The third-order valence-electron chi connectivity index (χ3n) is 2.28. The minimum atomic E-state index is 0.172. The van der Waals surface area contributed by atoms with E-state index in [1.54, 1.807) is 0 Å². The molecule has 0 N–H and O–H groups in total. The SMILES string of the molecule is CCCn1c(=O)sc2c1=CCC(Br)C=2. The van der Waals surface area contributed by atoms with Gasteiger partial charge in [0, 0.05) is 11.4 Å². The van der Waals surface area contributed by atoms with Crippen LogP contribution in [0.5, 0.6) is 0 Å². The van der Waals surface area contributed by atoms with Crippen molar-refractivity contribution in [2.75, 3.05) is 0 Å². The fraction of sp³-hybridized carbons (Fsp3) is 0.500. The van der Waals surface area contributed by atoms with Crippen LogP contribution in [0.4, 0.5) is 0 Å². The summed E-state index contributed by atoms with van der Waals surface area (Å²) in [6, 6.07) is 0. The Morgan fingerprint density at radius 1 is 1.71 bits per heavy atom. The number of alkyl halides is 1. The first-order valence-corrected chi connectivity index (χ1v) is 6.51. The monoisotopic (exact) mass is 273 g/mol. The number of thiazole rings is 1. The molecule has 14 heavy (non-hydrogen) atoms. The van der Waals surface area contributed by atoms with Crippen molar-refractivity contribution < 1.29 is 0 Å². The molecule has 2 nitrogen and oxygen atoms in total. The van der Waals surface area contributed by atoms with Gasteiger partial charge in [-0.05, 0) is 12.8 Å². The molecular formula is C10H12BrNOS. The number of hydrogen-bond acceptors (Lipinski definition) is 2. The minimum absolute atomic E-state index is 0.172. The highest BCUT2D eigenvalue weighted by atomic mass is 79.9. The molecular weight excluding hydrogens is 262 g/mol. The van der Waals surface area contributed by atoms with Gasteiger partial charge in [0.2, 0.25) is 0 Å². The van der Waals surface area contributed by atoms with Gasteiger partial charge in [-0.15, -0.1) is 0 Å². The number of aromatic nitrogens is 1. The molecule has 1 aromatic heterocycles. The molecule has 1 unspecified atom stereocenters. The zero-order chi connectivity index (χ0) is 10.1. The molecule has 1 aromatic rings. The average Bonchev–Trinajstić information content (AvgIpc) is 2.43. The number of halogens is 1.